The monoisotopic (exact) mass is 483 g/mol. The molecule has 4 rings (SSSR count). The van der Waals surface area contributed by atoms with Crippen LogP contribution in [0.4, 0.5) is 8.78 Å². The van der Waals surface area contributed by atoms with Crippen molar-refractivity contribution in [3.05, 3.63) is 71.3 Å². The molecule has 2 aromatic carbocycles. The summed E-state index contributed by atoms with van der Waals surface area (Å²) in [6.07, 6.45) is 2.62. The molecule has 4 atom stereocenters. The molecule has 5 nitrogen and oxygen atoms in total. The molecule has 1 heterocycles. The molecule has 1 aliphatic carbocycles. The summed E-state index contributed by atoms with van der Waals surface area (Å²) in [5.41, 5.74) is 1.30. The van der Waals surface area contributed by atoms with Crippen LogP contribution in [0.2, 0.25) is 0 Å². The molecular weight excluding hydrogens is 448 g/mol. The van der Waals surface area contributed by atoms with Gasteiger partial charge in [-0.05, 0) is 73.5 Å². The maximum Gasteiger partial charge on any atom is 0.239 e. The lowest BCUT2D eigenvalue weighted by atomic mass is 9.89. The molecule has 1 saturated carbocycles. The molecule has 1 saturated heterocycles. The van der Waals surface area contributed by atoms with Gasteiger partial charge in [-0.15, -0.1) is 0 Å². The van der Waals surface area contributed by atoms with E-state index in [1.54, 1.807) is 24.3 Å². The van der Waals surface area contributed by atoms with Gasteiger partial charge in [-0.25, -0.2) is 8.78 Å². The van der Waals surface area contributed by atoms with E-state index in [0.717, 1.165) is 25.8 Å². The van der Waals surface area contributed by atoms with E-state index in [4.69, 9.17) is 0 Å². The van der Waals surface area contributed by atoms with Crippen molar-refractivity contribution in [3.8, 4) is 0 Å². The lowest BCUT2D eigenvalue weighted by molar-refractivity contribution is -0.133. The Morgan fingerprint density at radius 2 is 1.51 bits per heavy atom. The lowest BCUT2D eigenvalue weighted by Crippen LogP contribution is -2.46. The van der Waals surface area contributed by atoms with Gasteiger partial charge in [-0.3, -0.25) is 9.59 Å². The molecule has 2 aromatic rings. The first-order valence-corrected chi connectivity index (χ1v) is 12.5. The number of rotatable bonds is 8. The first-order chi connectivity index (χ1) is 16.8. The number of carbonyl (C=O) groups is 2. The second-order valence-electron chi connectivity index (χ2n) is 10.4. The summed E-state index contributed by atoms with van der Waals surface area (Å²) in [6.45, 7) is 5.59. The van der Waals surface area contributed by atoms with Crippen LogP contribution in [0.25, 0.3) is 0 Å². The minimum Gasteiger partial charge on any atom is -0.352 e. The van der Waals surface area contributed by atoms with Gasteiger partial charge in [-0.1, -0.05) is 38.1 Å². The van der Waals surface area contributed by atoms with Gasteiger partial charge in [-0.2, -0.15) is 0 Å². The molecular formula is C28H35F2N3O2. The Bertz CT molecular complexity index is 980. The van der Waals surface area contributed by atoms with Gasteiger partial charge >= 0.3 is 0 Å². The van der Waals surface area contributed by atoms with E-state index >= 15 is 0 Å². The summed E-state index contributed by atoms with van der Waals surface area (Å²) in [7, 11) is 1.83. The Morgan fingerprint density at radius 1 is 0.943 bits per heavy atom. The third kappa shape index (κ3) is 5.72. The predicted octanol–water partition coefficient (Wildman–Crippen LogP) is 4.08. The molecule has 7 heteroatoms. The Kier molecular flexibility index (Phi) is 7.85. The number of nitrogens with zero attached hydrogens (tertiary/aromatic N) is 1. The summed E-state index contributed by atoms with van der Waals surface area (Å²) in [4.78, 5) is 28.6. The standard InChI is InChI=1S/C28H35F2N3O2/c1-17(2)14-25(31-3)28(35)33-15-20-8-13-24(23(20)16-33)32-27(34)26(18-4-9-21(29)10-5-18)19-6-11-22(30)12-7-19/h4-7,9-12,17,20,23-26,31H,8,13-16H2,1-3H3,(H,32,34)/t20-,23+,24+,25+/m1/s1. The smallest absolute Gasteiger partial charge is 0.239 e. The molecule has 0 unspecified atom stereocenters. The fourth-order valence-electron chi connectivity index (χ4n) is 5.73. The molecule has 0 aromatic heterocycles. The molecule has 188 valence electrons. The fraction of sp³-hybridized carbons (Fsp3) is 0.500. The van der Waals surface area contributed by atoms with Crippen LogP contribution in [0.5, 0.6) is 0 Å². The quantitative estimate of drug-likeness (QED) is 0.595. The van der Waals surface area contributed by atoms with E-state index in [0.29, 0.717) is 29.5 Å². The second-order valence-corrected chi connectivity index (χ2v) is 10.4. The number of carbonyl (C=O) groups excluding carboxylic acids is 2. The van der Waals surface area contributed by atoms with Crippen molar-refractivity contribution in [2.24, 2.45) is 17.8 Å². The van der Waals surface area contributed by atoms with Crippen LogP contribution in [-0.2, 0) is 9.59 Å². The van der Waals surface area contributed by atoms with E-state index in [1.807, 2.05) is 11.9 Å². The molecule has 35 heavy (non-hydrogen) atoms. The number of halogens is 2. The van der Waals surface area contributed by atoms with Crippen LogP contribution in [0.1, 0.15) is 50.2 Å². The second kappa shape index (κ2) is 10.9. The molecule has 0 radical (unpaired) electrons. The van der Waals surface area contributed by atoms with Crippen LogP contribution in [0.15, 0.2) is 48.5 Å². The van der Waals surface area contributed by atoms with Gasteiger partial charge in [0.05, 0.1) is 12.0 Å². The first kappa shape index (κ1) is 25.3. The minimum atomic E-state index is -0.672. The van der Waals surface area contributed by atoms with Crippen LogP contribution >= 0.6 is 0 Å². The molecule has 1 aliphatic heterocycles. The van der Waals surface area contributed by atoms with Crippen molar-refractivity contribution in [2.45, 2.75) is 51.1 Å². The van der Waals surface area contributed by atoms with Crippen LogP contribution < -0.4 is 10.6 Å². The fourth-order valence-corrected chi connectivity index (χ4v) is 5.73. The van der Waals surface area contributed by atoms with Gasteiger partial charge in [0.25, 0.3) is 0 Å². The highest BCUT2D eigenvalue weighted by Gasteiger charge is 2.45. The van der Waals surface area contributed by atoms with Crippen molar-refractivity contribution in [1.82, 2.24) is 15.5 Å². The average Bonchev–Trinajstić information content (AvgIpc) is 3.41. The van der Waals surface area contributed by atoms with Crippen molar-refractivity contribution in [3.63, 3.8) is 0 Å². The Labute approximate surface area is 206 Å². The maximum atomic E-state index is 13.6. The zero-order chi connectivity index (χ0) is 25.1. The van der Waals surface area contributed by atoms with Crippen molar-refractivity contribution < 1.29 is 18.4 Å². The largest absolute Gasteiger partial charge is 0.352 e. The molecule has 2 amide bonds. The van der Waals surface area contributed by atoms with E-state index in [2.05, 4.69) is 24.5 Å². The number of likely N-dealkylation sites (tertiary alicyclic amines) is 1. The normalized spacial score (nSPS) is 22.5. The number of fused-ring (bicyclic) bond motifs is 1. The van der Waals surface area contributed by atoms with Crippen molar-refractivity contribution >= 4 is 11.8 Å². The Hall–Kier alpha value is -2.80. The van der Waals surface area contributed by atoms with Gasteiger partial charge < -0.3 is 15.5 Å². The van der Waals surface area contributed by atoms with Crippen LogP contribution in [0, 0.1) is 29.4 Å². The van der Waals surface area contributed by atoms with Crippen molar-refractivity contribution in [2.75, 3.05) is 20.1 Å². The summed E-state index contributed by atoms with van der Waals surface area (Å²) < 4.78 is 27.1. The number of amides is 2. The van der Waals surface area contributed by atoms with Gasteiger partial charge in [0.1, 0.15) is 11.6 Å². The maximum absolute atomic E-state index is 13.6. The molecule has 2 N–H and O–H groups in total. The van der Waals surface area contributed by atoms with Crippen LogP contribution in [-0.4, -0.2) is 48.9 Å². The highest BCUT2D eigenvalue weighted by molar-refractivity contribution is 5.87. The van der Waals surface area contributed by atoms with E-state index < -0.39 is 5.92 Å². The zero-order valence-electron chi connectivity index (χ0n) is 20.6. The summed E-state index contributed by atoms with van der Waals surface area (Å²) in [6, 6.07) is 11.5. The highest BCUT2D eigenvalue weighted by Crippen LogP contribution is 2.39. The number of likely N-dealkylation sites (N-methyl/N-ethyl adjacent to an activating group) is 1. The highest BCUT2D eigenvalue weighted by atomic mass is 19.1. The van der Waals surface area contributed by atoms with E-state index in [-0.39, 0.29) is 41.5 Å². The number of hydrogen-bond donors (Lipinski definition) is 2. The topological polar surface area (TPSA) is 61.4 Å². The van der Waals surface area contributed by atoms with E-state index in [9.17, 15) is 18.4 Å². The lowest BCUT2D eigenvalue weighted by Gasteiger charge is -2.27. The number of hydrogen-bond acceptors (Lipinski definition) is 3. The van der Waals surface area contributed by atoms with Gasteiger partial charge in [0.15, 0.2) is 0 Å². The number of benzene rings is 2. The van der Waals surface area contributed by atoms with Gasteiger partial charge in [0.2, 0.25) is 11.8 Å². The third-order valence-electron chi connectivity index (χ3n) is 7.52. The third-order valence-corrected chi connectivity index (χ3v) is 7.52. The first-order valence-electron chi connectivity index (χ1n) is 12.5. The van der Waals surface area contributed by atoms with E-state index in [1.165, 1.54) is 24.3 Å². The summed E-state index contributed by atoms with van der Waals surface area (Å²) in [5, 5.41) is 6.40. The predicted molar refractivity (Wildman–Crippen MR) is 132 cm³/mol. The van der Waals surface area contributed by atoms with Crippen LogP contribution in [0.3, 0.4) is 0 Å². The molecule has 0 spiro atoms. The SMILES string of the molecule is CN[C@@H](CC(C)C)C(=O)N1C[C@H]2CC[C@H](NC(=O)C(c3ccc(F)cc3)c3ccc(F)cc3)[C@H]2C1. The minimum absolute atomic E-state index is 0.0353. The Balaban J connectivity index is 1.48. The molecule has 0 bridgehead atoms. The summed E-state index contributed by atoms with van der Waals surface area (Å²) >= 11 is 0. The summed E-state index contributed by atoms with van der Waals surface area (Å²) in [5.74, 6) is -0.480. The van der Waals surface area contributed by atoms with Crippen molar-refractivity contribution in [1.29, 1.82) is 0 Å². The number of nitrogens with one attached hydrogen (secondary N) is 2. The molecule has 2 fully saturated rings. The molecule has 2 aliphatic rings. The average molecular weight is 484 g/mol. The van der Waals surface area contributed by atoms with Gasteiger partial charge in [0, 0.05) is 25.0 Å². The zero-order valence-corrected chi connectivity index (χ0v) is 20.6. The Morgan fingerprint density at radius 3 is 2.03 bits per heavy atom.